The molecule has 1 aliphatic heterocycles. The van der Waals surface area contributed by atoms with Crippen LogP contribution in [0.4, 0.5) is 0 Å². The van der Waals surface area contributed by atoms with Gasteiger partial charge >= 0.3 is 386 Å². The van der Waals surface area contributed by atoms with Gasteiger partial charge in [-0.25, -0.2) is 0 Å². The van der Waals surface area contributed by atoms with Crippen LogP contribution in [0.25, 0.3) is 45.5 Å². The number of hydrogen-bond donors (Lipinski definition) is 0. The van der Waals surface area contributed by atoms with E-state index in [9.17, 15) is 17.0 Å². The van der Waals surface area contributed by atoms with Gasteiger partial charge in [0.05, 0.1) is 0 Å². The number of aryl methyl sites for hydroxylation is 4. The first-order valence-electron chi connectivity index (χ1n) is 22.9. The van der Waals surface area contributed by atoms with Gasteiger partial charge in [-0.15, -0.1) is 0 Å². The SMILES string of the molecule is CCC1=Cc2c(ccc(C(C)(C)C)c2-c2cc(C)cc(C)c2)[CH]1[Zr]([Cl])([Cl])([c]1cccc2c1[SiH2]c1ccccc1-2)[CH]1C(CC)=Cc2c1ccc(C(C)(C)C)c2-c1cc(C)cc(C)c1. The fourth-order valence-electron chi connectivity index (χ4n) is 12.1. The zero-order chi connectivity index (χ0) is 44.3. The summed E-state index contributed by atoms with van der Waals surface area (Å²) < 4.78 is 1.08. The Balaban J connectivity index is 1.41. The minimum atomic E-state index is -5.69. The maximum absolute atomic E-state index is 9.43. The number of benzene rings is 6. The molecule has 0 radical (unpaired) electrons. The Morgan fingerprint density at radius 1 is 0.532 bits per heavy atom. The molecule has 6 aromatic rings. The Bertz CT molecular complexity index is 2720. The molecule has 1 heterocycles. The summed E-state index contributed by atoms with van der Waals surface area (Å²) in [6, 6.07) is 40.0. The molecule has 0 nitrogen and oxygen atoms in total. The van der Waals surface area contributed by atoms with Crippen molar-refractivity contribution in [3.8, 4) is 33.4 Å². The molecule has 3 aliphatic rings. The van der Waals surface area contributed by atoms with E-state index in [1.165, 1.54) is 114 Å². The van der Waals surface area contributed by atoms with Crippen LogP contribution in [0.1, 0.15) is 131 Å². The van der Waals surface area contributed by atoms with Gasteiger partial charge in [0.1, 0.15) is 0 Å². The maximum atomic E-state index is 9.43. The average molecular weight is 950 g/mol. The third-order valence-electron chi connectivity index (χ3n) is 14.5. The normalized spacial score (nSPS) is 17.9. The summed E-state index contributed by atoms with van der Waals surface area (Å²) in [6.07, 6.45) is 6.86. The van der Waals surface area contributed by atoms with Crippen molar-refractivity contribution in [2.45, 2.75) is 114 Å². The van der Waals surface area contributed by atoms with E-state index in [0.29, 0.717) is 0 Å². The molecule has 2 atom stereocenters. The summed E-state index contributed by atoms with van der Waals surface area (Å²) >= 11 is -5.69. The molecule has 0 saturated carbocycles. The van der Waals surface area contributed by atoms with Gasteiger partial charge in [-0.1, -0.05) is 0 Å². The Morgan fingerprint density at radius 3 is 1.40 bits per heavy atom. The van der Waals surface area contributed by atoms with E-state index in [4.69, 9.17) is 0 Å². The number of halogens is 2. The monoisotopic (exact) mass is 947 g/mol. The van der Waals surface area contributed by atoms with Crippen LogP contribution in [0.2, 0.25) is 0 Å². The van der Waals surface area contributed by atoms with E-state index in [0.717, 1.165) is 12.8 Å². The molecule has 0 spiro atoms. The number of rotatable bonds is 7. The van der Waals surface area contributed by atoms with E-state index < -0.39 is 25.9 Å². The van der Waals surface area contributed by atoms with Gasteiger partial charge in [-0.3, -0.25) is 0 Å². The van der Waals surface area contributed by atoms with Gasteiger partial charge < -0.3 is 0 Å². The Morgan fingerprint density at radius 2 is 0.968 bits per heavy atom. The number of allylic oxidation sites excluding steroid dienone is 2. The topological polar surface area (TPSA) is 0 Å². The molecular formula is C58H63Cl2SiZr. The van der Waals surface area contributed by atoms with Crippen LogP contribution in [0, 0.1) is 27.7 Å². The van der Waals surface area contributed by atoms with Gasteiger partial charge in [0.15, 0.2) is 0 Å². The molecule has 62 heavy (non-hydrogen) atoms. The summed E-state index contributed by atoms with van der Waals surface area (Å²) in [5.74, 6) is 0. The fourth-order valence-corrected chi connectivity index (χ4v) is 40.4. The van der Waals surface area contributed by atoms with Crippen LogP contribution in [-0.4, -0.2) is 9.52 Å². The number of hydrogen-bond acceptors (Lipinski definition) is 0. The summed E-state index contributed by atoms with van der Waals surface area (Å²) in [4.78, 5) is 0. The second kappa shape index (κ2) is 15.3. The van der Waals surface area contributed by atoms with Crippen LogP contribution in [0.15, 0.2) is 114 Å². The van der Waals surface area contributed by atoms with Gasteiger partial charge in [0, 0.05) is 0 Å². The van der Waals surface area contributed by atoms with Crippen molar-refractivity contribution in [1.29, 1.82) is 0 Å². The van der Waals surface area contributed by atoms with E-state index in [2.05, 4.69) is 198 Å². The first-order valence-corrected chi connectivity index (χ1v) is 34.8. The van der Waals surface area contributed by atoms with E-state index in [1.807, 2.05) is 0 Å². The van der Waals surface area contributed by atoms with Crippen molar-refractivity contribution in [3.05, 3.63) is 170 Å². The molecule has 317 valence electrons. The Hall–Kier alpha value is -3.52. The van der Waals surface area contributed by atoms with Crippen LogP contribution < -0.4 is 13.6 Å². The fraction of sp³-hybridized carbons (Fsp3) is 0.310. The molecule has 0 amide bonds. The van der Waals surface area contributed by atoms with Crippen molar-refractivity contribution in [1.82, 2.24) is 0 Å². The van der Waals surface area contributed by atoms with Gasteiger partial charge in [-0.05, 0) is 0 Å². The Kier molecular flexibility index (Phi) is 10.8. The molecular weight excluding hydrogens is 887 g/mol. The average Bonchev–Trinajstić information content (AvgIpc) is 3.90. The third-order valence-corrected chi connectivity index (χ3v) is 37.2. The van der Waals surface area contributed by atoms with Crippen molar-refractivity contribution in [3.63, 3.8) is 0 Å². The standard InChI is InChI=1S/2C23H27.C12H9Si.2ClH.Zr/c2*1-7-17-13-18-8-9-21(23(4,5)6)22(20(18)14-17)19-11-15(2)10-16(3)12-19;1-3-7-11-9(5-1)10-6-2-4-8-12(10)13-11;;;/h2*8-14H,7H2,1-6H3;1-7H,13H2;2*1H;/q;;;;;+2/p-2. The van der Waals surface area contributed by atoms with Crippen molar-refractivity contribution in [2.24, 2.45) is 0 Å². The van der Waals surface area contributed by atoms with Crippen LogP contribution in [0.3, 0.4) is 0 Å². The van der Waals surface area contributed by atoms with Crippen LogP contribution in [0.5, 0.6) is 0 Å². The predicted molar refractivity (Wildman–Crippen MR) is 273 cm³/mol. The number of fused-ring (bicyclic) bond motifs is 5. The molecule has 2 unspecified atom stereocenters. The zero-order valence-electron chi connectivity index (χ0n) is 39.0. The minimum absolute atomic E-state index is 0.0737. The van der Waals surface area contributed by atoms with E-state index in [1.54, 1.807) is 0 Å². The Labute approximate surface area is 383 Å². The second-order valence-electron chi connectivity index (χ2n) is 21.1. The first kappa shape index (κ1) is 43.7. The first-order chi connectivity index (χ1) is 29.2. The summed E-state index contributed by atoms with van der Waals surface area (Å²) in [5, 5.41) is 2.97. The molecule has 0 N–H and O–H groups in total. The quantitative estimate of drug-likeness (QED) is 0.140. The molecule has 4 heteroatoms. The van der Waals surface area contributed by atoms with Crippen LogP contribution in [-0.2, 0) is 27.2 Å². The van der Waals surface area contributed by atoms with Crippen molar-refractivity contribution in [2.75, 3.05) is 0 Å². The van der Waals surface area contributed by atoms with Gasteiger partial charge in [-0.2, -0.15) is 0 Å². The molecule has 0 fully saturated rings. The predicted octanol–water partition coefficient (Wildman–Crippen LogP) is 14.7. The van der Waals surface area contributed by atoms with Gasteiger partial charge in [0.25, 0.3) is 0 Å². The summed E-state index contributed by atoms with van der Waals surface area (Å²) in [5.41, 5.74) is 23.7. The molecule has 2 aliphatic carbocycles. The zero-order valence-corrected chi connectivity index (χ0v) is 44.4. The summed E-state index contributed by atoms with van der Waals surface area (Å²) in [7, 11) is 18.0. The molecule has 0 aromatic heterocycles. The van der Waals surface area contributed by atoms with Crippen molar-refractivity contribution < 1.29 is 16.4 Å². The van der Waals surface area contributed by atoms with E-state index in [-0.39, 0.29) is 18.1 Å². The molecule has 0 saturated heterocycles. The second-order valence-corrected chi connectivity index (χ2v) is 43.5. The molecule has 9 rings (SSSR count). The summed E-state index contributed by atoms with van der Waals surface area (Å²) in [6.45, 7) is 27.7. The van der Waals surface area contributed by atoms with Crippen LogP contribution >= 0.6 is 17.0 Å². The van der Waals surface area contributed by atoms with Gasteiger partial charge in [0.2, 0.25) is 0 Å². The molecule has 0 bridgehead atoms. The molecule has 6 aromatic carbocycles. The van der Waals surface area contributed by atoms with E-state index >= 15 is 0 Å². The van der Waals surface area contributed by atoms with Crippen molar-refractivity contribution >= 4 is 52.3 Å². The third kappa shape index (κ3) is 6.84.